The number of nitrogens with zero attached hydrogens (tertiary/aromatic N) is 4. The predicted molar refractivity (Wildman–Crippen MR) is 137 cm³/mol. The molecule has 2 aliphatic rings. The Hall–Kier alpha value is -2.16. The van der Waals surface area contributed by atoms with Gasteiger partial charge in [-0.25, -0.2) is 26.6 Å². The second-order valence-corrected chi connectivity index (χ2v) is 12.1. The van der Waals surface area contributed by atoms with Crippen molar-refractivity contribution >= 4 is 32.8 Å². The Labute approximate surface area is 223 Å². The van der Waals surface area contributed by atoms with Crippen molar-refractivity contribution in [2.75, 3.05) is 59.2 Å². The standard InChI is InChI=1S/C25H29F3N4O4S2/c26-20-14-18(15-21(27)24(20)28)17-37-25-29-22-16-19(38(33,34)31-8-12-36-13-9-31)2-3-23(22)32(25)5-1-4-30-6-10-35-11-7-30/h2-3,14-16H,1,4-13,17H2. The highest BCUT2D eigenvalue weighted by Crippen LogP contribution is 2.30. The van der Waals surface area contributed by atoms with Crippen LogP contribution in [-0.2, 0) is 31.8 Å². The second-order valence-electron chi connectivity index (χ2n) is 9.18. The first-order valence-electron chi connectivity index (χ1n) is 12.5. The van der Waals surface area contributed by atoms with E-state index in [4.69, 9.17) is 14.5 Å². The van der Waals surface area contributed by atoms with E-state index >= 15 is 0 Å². The van der Waals surface area contributed by atoms with Crippen molar-refractivity contribution in [2.45, 2.75) is 28.8 Å². The highest BCUT2D eigenvalue weighted by Gasteiger charge is 2.27. The number of thioether (sulfide) groups is 1. The van der Waals surface area contributed by atoms with E-state index in [2.05, 4.69) is 4.90 Å². The van der Waals surface area contributed by atoms with E-state index < -0.39 is 27.5 Å². The Morgan fingerprint density at radius 3 is 2.24 bits per heavy atom. The molecule has 0 unspecified atom stereocenters. The molecule has 0 aliphatic carbocycles. The zero-order valence-corrected chi connectivity index (χ0v) is 22.4. The Morgan fingerprint density at radius 2 is 1.55 bits per heavy atom. The molecule has 5 rings (SSSR count). The third-order valence-corrected chi connectivity index (χ3v) is 9.61. The number of hydrogen-bond donors (Lipinski definition) is 0. The zero-order valence-electron chi connectivity index (χ0n) is 20.7. The minimum absolute atomic E-state index is 0.157. The molecule has 0 spiro atoms. The van der Waals surface area contributed by atoms with Gasteiger partial charge in [0, 0.05) is 45.0 Å². The van der Waals surface area contributed by atoms with Gasteiger partial charge in [-0.05, 0) is 42.3 Å². The summed E-state index contributed by atoms with van der Waals surface area (Å²) in [4.78, 5) is 7.18. The van der Waals surface area contributed by atoms with Crippen molar-refractivity contribution in [3.05, 3.63) is 53.3 Å². The van der Waals surface area contributed by atoms with Gasteiger partial charge in [0.1, 0.15) is 0 Å². The Morgan fingerprint density at radius 1 is 0.895 bits per heavy atom. The topological polar surface area (TPSA) is 76.9 Å². The second kappa shape index (κ2) is 11.9. The summed E-state index contributed by atoms with van der Waals surface area (Å²) in [5.41, 5.74) is 1.57. The largest absolute Gasteiger partial charge is 0.379 e. The van der Waals surface area contributed by atoms with Crippen molar-refractivity contribution in [3.8, 4) is 0 Å². The number of hydrogen-bond acceptors (Lipinski definition) is 7. The maximum absolute atomic E-state index is 13.7. The Balaban J connectivity index is 1.41. The average Bonchev–Trinajstić information content (AvgIpc) is 3.28. The van der Waals surface area contributed by atoms with Crippen LogP contribution in [0, 0.1) is 17.5 Å². The first-order valence-corrected chi connectivity index (χ1v) is 14.9. The predicted octanol–water partition coefficient (Wildman–Crippen LogP) is 3.49. The third kappa shape index (κ3) is 6.02. The van der Waals surface area contributed by atoms with Crippen LogP contribution in [0.3, 0.4) is 0 Å². The molecule has 0 saturated carbocycles. The fraction of sp³-hybridized carbons (Fsp3) is 0.480. The third-order valence-electron chi connectivity index (χ3n) is 6.66. The van der Waals surface area contributed by atoms with Gasteiger partial charge in [0.15, 0.2) is 22.6 Å². The number of aryl methyl sites for hydroxylation is 1. The van der Waals surface area contributed by atoms with E-state index in [-0.39, 0.29) is 16.2 Å². The number of imidazole rings is 1. The summed E-state index contributed by atoms with van der Waals surface area (Å²) in [6, 6.07) is 6.87. The highest BCUT2D eigenvalue weighted by molar-refractivity contribution is 7.98. The van der Waals surface area contributed by atoms with Crippen molar-refractivity contribution in [1.82, 2.24) is 18.8 Å². The molecule has 38 heavy (non-hydrogen) atoms. The van der Waals surface area contributed by atoms with Crippen LogP contribution >= 0.6 is 11.8 Å². The number of sulfonamides is 1. The summed E-state index contributed by atoms with van der Waals surface area (Å²) in [6.07, 6.45) is 0.826. The van der Waals surface area contributed by atoms with Crippen LogP contribution in [0.1, 0.15) is 12.0 Å². The Bertz CT molecular complexity index is 1370. The number of rotatable bonds is 9. The van der Waals surface area contributed by atoms with Crippen LogP contribution < -0.4 is 0 Å². The first kappa shape index (κ1) is 27.4. The van der Waals surface area contributed by atoms with Gasteiger partial charge < -0.3 is 14.0 Å². The molecule has 8 nitrogen and oxygen atoms in total. The molecule has 0 bridgehead atoms. The smallest absolute Gasteiger partial charge is 0.243 e. The molecule has 1 aromatic heterocycles. The molecule has 0 atom stereocenters. The van der Waals surface area contributed by atoms with Crippen LogP contribution in [-0.4, -0.2) is 86.3 Å². The van der Waals surface area contributed by atoms with Gasteiger partial charge in [-0.1, -0.05) is 11.8 Å². The van der Waals surface area contributed by atoms with E-state index in [1.54, 1.807) is 18.2 Å². The van der Waals surface area contributed by atoms with Crippen LogP contribution in [0.15, 0.2) is 40.4 Å². The van der Waals surface area contributed by atoms with Crippen LogP contribution in [0.2, 0.25) is 0 Å². The highest BCUT2D eigenvalue weighted by atomic mass is 32.2. The number of halogens is 3. The molecule has 0 N–H and O–H groups in total. The molecule has 3 heterocycles. The lowest BCUT2D eigenvalue weighted by Gasteiger charge is -2.26. The van der Waals surface area contributed by atoms with E-state index in [0.717, 1.165) is 43.7 Å². The van der Waals surface area contributed by atoms with Crippen molar-refractivity contribution in [2.24, 2.45) is 0 Å². The minimum Gasteiger partial charge on any atom is -0.379 e. The van der Waals surface area contributed by atoms with Crippen LogP contribution in [0.4, 0.5) is 13.2 Å². The van der Waals surface area contributed by atoms with Gasteiger partial charge in [0.2, 0.25) is 10.0 Å². The minimum atomic E-state index is -3.70. The van der Waals surface area contributed by atoms with Crippen LogP contribution in [0.5, 0.6) is 0 Å². The van der Waals surface area contributed by atoms with Gasteiger partial charge in [0.25, 0.3) is 0 Å². The first-order chi connectivity index (χ1) is 18.3. The van der Waals surface area contributed by atoms with E-state index in [9.17, 15) is 21.6 Å². The summed E-state index contributed by atoms with van der Waals surface area (Å²) in [6.45, 7) is 5.94. The monoisotopic (exact) mass is 570 g/mol. The summed E-state index contributed by atoms with van der Waals surface area (Å²) in [5, 5.41) is 0.591. The maximum atomic E-state index is 13.7. The average molecular weight is 571 g/mol. The van der Waals surface area contributed by atoms with E-state index in [0.29, 0.717) is 56.7 Å². The van der Waals surface area contributed by atoms with Crippen LogP contribution in [0.25, 0.3) is 11.0 Å². The normalized spacial score (nSPS) is 17.9. The Kier molecular flexibility index (Phi) is 8.60. The fourth-order valence-electron chi connectivity index (χ4n) is 4.63. The lowest BCUT2D eigenvalue weighted by Crippen LogP contribution is -2.40. The van der Waals surface area contributed by atoms with Gasteiger partial charge >= 0.3 is 0 Å². The van der Waals surface area contributed by atoms with Gasteiger partial charge in [-0.2, -0.15) is 4.31 Å². The molecule has 0 radical (unpaired) electrons. The summed E-state index contributed by atoms with van der Waals surface area (Å²) < 4.78 is 81.3. The van der Waals surface area contributed by atoms with Gasteiger partial charge in [-0.15, -0.1) is 0 Å². The molecule has 206 valence electrons. The van der Waals surface area contributed by atoms with Crippen molar-refractivity contribution < 1.29 is 31.1 Å². The molecule has 2 aromatic carbocycles. The molecular formula is C25H29F3N4O4S2. The summed E-state index contributed by atoms with van der Waals surface area (Å²) in [7, 11) is -3.70. The van der Waals surface area contributed by atoms with E-state index in [1.807, 2.05) is 4.57 Å². The van der Waals surface area contributed by atoms with E-state index in [1.165, 1.54) is 16.1 Å². The fourth-order valence-corrected chi connectivity index (χ4v) is 7.03. The molecule has 2 aliphatic heterocycles. The zero-order chi connectivity index (χ0) is 26.7. The number of morpholine rings is 2. The maximum Gasteiger partial charge on any atom is 0.243 e. The number of benzene rings is 2. The molecule has 0 amide bonds. The summed E-state index contributed by atoms with van der Waals surface area (Å²) >= 11 is 1.26. The quantitative estimate of drug-likeness (QED) is 0.288. The van der Waals surface area contributed by atoms with Gasteiger partial charge in [-0.3, -0.25) is 4.90 Å². The lowest BCUT2D eigenvalue weighted by atomic mass is 10.2. The number of fused-ring (bicyclic) bond motifs is 1. The summed E-state index contributed by atoms with van der Waals surface area (Å²) in [5.74, 6) is -3.81. The molecular weight excluding hydrogens is 541 g/mol. The number of ether oxygens (including phenoxy) is 2. The molecule has 3 aromatic rings. The molecule has 2 fully saturated rings. The van der Waals surface area contributed by atoms with Crippen molar-refractivity contribution in [1.29, 1.82) is 0 Å². The van der Waals surface area contributed by atoms with Crippen molar-refractivity contribution in [3.63, 3.8) is 0 Å². The lowest BCUT2D eigenvalue weighted by molar-refractivity contribution is 0.0369. The number of aromatic nitrogens is 2. The molecule has 13 heteroatoms. The molecule has 2 saturated heterocycles. The SMILES string of the molecule is O=S(=O)(c1ccc2c(c1)nc(SCc1cc(F)c(F)c(F)c1)n2CCCN1CCOCC1)N1CCOCC1. The van der Waals surface area contributed by atoms with Gasteiger partial charge in [0.05, 0.1) is 42.4 Å².